The molecular formula is C15H20F3NO2. The molecule has 118 valence electrons. The minimum absolute atomic E-state index is 0.0559. The van der Waals surface area contributed by atoms with Crippen LogP contribution in [0.2, 0.25) is 0 Å². The van der Waals surface area contributed by atoms with Crippen LogP contribution in [0.25, 0.3) is 0 Å². The number of carbonyl (C=O) groups is 1. The third-order valence-corrected chi connectivity index (χ3v) is 3.26. The summed E-state index contributed by atoms with van der Waals surface area (Å²) in [5, 5.41) is 12.2. The first-order valence-corrected chi connectivity index (χ1v) is 6.76. The maximum atomic E-state index is 12.6. The first-order chi connectivity index (χ1) is 9.61. The third-order valence-electron chi connectivity index (χ3n) is 3.26. The Balaban J connectivity index is 2.72. The van der Waals surface area contributed by atoms with Crippen molar-refractivity contribution in [3.8, 4) is 0 Å². The number of aliphatic hydroxyl groups excluding tert-OH is 1. The number of carbonyl (C=O) groups excluding carboxylic acids is 1. The van der Waals surface area contributed by atoms with Gasteiger partial charge in [0.1, 0.15) is 0 Å². The highest BCUT2D eigenvalue weighted by Crippen LogP contribution is 2.30. The van der Waals surface area contributed by atoms with E-state index in [0.29, 0.717) is 5.56 Å². The summed E-state index contributed by atoms with van der Waals surface area (Å²) in [5.41, 5.74) is -0.375. The van der Waals surface area contributed by atoms with E-state index in [2.05, 4.69) is 5.32 Å². The third kappa shape index (κ3) is 5.38. The van der Waals surface area contributed by atoms with Crippen LogP contribution >= 0.6 is 0 Å². The Morgan fingerprint density at radius 3 is 2.43 bits per heavy atom. The standard InChI is InChI=1S/C15H20F3NO2/c1-9(2)13(20)8-14(21)19-10(3)11-5-4-6-12(7-11)15(16,17)18/h4-7,9-10,13,20H,8H2,1-3H3,(H,19,21). The summed E-state index contributed by atoms with van der Waals surface area (Å²) >= 11 is 0. The van der Waals surface area contributed by atoms with E-state index in [-0.39, 0.29) is 18.2 Å². The second-order valence-electron chi connectivity index (χ2n) is 5.43. The number of hydrogen-bond acceptors (Lipinski definition) is 2. The molecule has 0 saturated carbocycles. The Labute approximate surface area is 122 Å². The van der Waals surface area contributed by atoms with Gasteiger partial charge in [-0.25, -0.2) is 0 Å². The minimum atomic E-state index is -4.41. The Morgan fingerprint density at radius 2 is 1.90 bits per heavy atom. The molecule has 0 aliphatic carbocycles. The molecule has 1 aromatic carbocycles. The van der Waals surface area contributed by atoms with E-state index in [1.54, 1.807) is 20.8 Å². The van der Waals surface area contributed by atoms with Crippen LogP contribution in [0.1, 0.15) is 44.4 Å². The topological polar surface area (TPSA) is 49.3 Å². The number of alkyl halides is 3. The summed E-state index contributed by atoms with van der Waals surface area (Å²) in [5.74, 6) is -0.444. The zero-order valence-electron chi connectivity index (χ0n) is 12.2. The van der Waals surface area contributed by atoms with E-state index in [1.807, 2.05) is 0 Å². The normalized spacial score (nSPS) is 14.9. The van der Waals surface area contributed by atoms with Gasteiger partial charge in [0.05, 0.1) is 24.1 Å². The smallest absolute Gasteiger partial charge is 0.392 e. The maximum absolute atomic E-state index is 12.6. The lowest BCUT2D eigenvalue weighted by molar-refractivity contribution is -0.137. The molecule has 6 heteroatoms. The molecule has 0 aliphatic heterocycles. The molecule has 0 saturated heterocycles. The van der Waals surface area contributed by atoms with E-state index < -0.39 is 23.9 Å². The largest absolute Gasteiger partial charge is 0.416 e. The van der Waals surface area contributed by atoms with Crippen LogP contribution in [0.5, 0.6) is 0 Å². The van der Waals surface area contributed by atoms with Crippen LogP contribution in [0.15, 0.2) is 24.3 Å². The van der Waals surface area contributed by atoms with E-state index in [0.717, 1.165) is 12.1 Å². The van der Waals surface area contributed by atoms with Crippen molar-refractivity contribution in [2.24, 2.45) is 5.92 Å². The van der Waals surface area contributed by atoms with Crippen LogP contribution < -0.4 is 5.32 Å². The first-order valence-electron chi connectivity index (χ1n) is 6.76. The number of hydrogen-bond donors (Lipinski definition) is 2. The van der Waals surface area contributed by atoms with Gasteiger partial charge in [0.2, 0.25) is 5.91 Å². The summed E-state index contributed by atoms with van der Waals surface area (Å²) in [7, 11) is 0. The molecule has 3 nitrogen and oxygen atoms in total. The molecule has 2 unspecified atom stereocenters. The van der Waals surface area contributed by atoms with Gasteiger partial charge in [-0.3, -0.25) is 4.79 Å². The van der Waals surface area contributed by atoms with E-state index >= 15 is 0 Å². The fourth-order valence-electron chi connectivity index (χ4n) is 1.79. The molecule has 0 aromatic heterocycles. The Morgan fingerprint density at radius 1 is 1.29 bits per heavy atom. The number of benzene rings is 1. The number of aliphatic hydroxyl groups is 1. The monoisotopic (exact) mass is 303 g/mol. The van der Waals surface area contributed by atoms with Crippen molar-refractivity contribution in [3.63, 3.8) is 0 Å². The number of rotatable bonds is 5. The van der Waals surface area contributed by atoms with Crippen molar-refractivity contribution in [1.82, 2.24) is 5.32 Å². The Kier molecular flexibility index (Phi) is 5.78. The number of amides is 1. The molecule has 0 aliphatic rings. The summed E-state index contributed by atoms with van der Waals surface area (Å²) in [6.07, 6.45) is -5.24. The van der Waals surface area contributed by atoms with Crippen molar-refractivity contribution in [1.29, 1.82) is 0 Å². The van der Waals surface area contributed by atoms with E-state index in [4.69, 9.17) is 0 Å². The molecule has 2 atom stereocenters. The van der Waals surface area contributed by atoms with Crippen molar-refractivity contribution in [2.75, 3.05) is 0 Å². The van der Waals surface area contributed by atoms with Crippen LogP contribution in [-0.4, -0.2) is 17.1 Å². The zero-order valence-corrected chi connectivity index (χ0v) is 12.2. The zero-order chi connectivity index (χ0) is 16.2. The van der Waals surface area contributed by atoms with Crippen LogP contribution in [0, 0.1) is 5.92 Å². The predicted molar refractivity (Wildman–Crippen MR) is 73.5 cm³/mol. The highest BCUT2D eigenvalue weighted by atomic mass is 19.4. The average Bonchev–Trinajstić information content (AvgIpc) is 2.37. The molecule has 0 bridgehead atoms. The highest BCUT2D eigenvalue weighted by Gasteiger charge is 2.30. The Bertz CT molecular complexity index is 486. The molecule has 1 amide bonds. The Hall–Kier alpha value is -1.56. The predicted octanol–water partition coefficient (Wildman–Crippen LogP) is 3.29. The first kappa shape index (κ1) is 17.5. The van der Waals surface area contributed by atoms with Gasteiger partial charge < -0.3 is 10.4 Å². The summed E-state index contributed by atoms with van der Waals surface area (Å²) in [6, 6.07) is 4.28. The van der Waals surface area contributed by atoms with Crippen molar-refractivity contribution < 1.29 is 23.1 Å². The summed E-state index contributed by atoms with van der Waals surface area (Å²) < 4.78 is 37.9. The van der Waals surface area contributed by atoms with Crippen LogP contribution in [0.3, 0.4) is 0 Å². The number of halogens is 3. The average molecular weight is 303 g/mol. The second kappa shape index (κ2) is 6.93. The van der Waals surface area contributed by atoms with Crippen molar-refractivity contribution >= 4 is 5.91 Å². The van der Waals surface area contributed by atoms with Gasteiger partial charge in [-0.05, 0) is 30.5 Å². The SMILES string of the molecule is CC(NC(=O)CC(O)C(C)C)c1cccc(C(F)(F)F)c1. The fourth-order valence-corrected chi connectivity index (χ4v) is 1.79. The molecule has 1 rings (SSSR count). The van der Waals surface area contributed by atoms with Gasteiger partial charge in [0, 0.05) is 0 Å². The lowest BCUT2D eigenvalue weighted by Crippen LogP contribution is -2.31. The number of nitrogens with one attached hydrogen (secondary N) is 1. The quantitative estimate of drug-likeness (QED) is 0.877. The van der Waals surface area contributed by atoms with Gasteiger partial charge in [-0.15, -0.1) is 0 Å². The lowest BCUT2D eigenvalue weighted by atomic mass is 10.0. The van der Waals surface area contributed by atoms with Crippen molar-refractivity contribution in [2.45, 2.75) is 45.5 Å². The van der Waals surface area contributed by atoms with E-state index in [1.165, 1.54) is 12.1 Å². The van der Waals surface area contributed by atoms with Gasteiger partial charge >= 0.3 is 6.18 Å². The summed E-state index contributed by atoms with van der Waals surface area (Å²) in [6.45, 7) is 5.18. The molecule has 0 heterocycles. The van der Waals surface area contributed by atoms with Gasteiger partial charge in [-0.2, -0.15) is 13.2 Å². The van der Waals surface area contributed by atoms with Crippen LogP contribution in [0.4, 0.5) is 13.2 Å². The fraction of sp³-hybridized carbons (Fsp3) is 0.533. The maximum Gasteiger partial charge on any atom is 0.416 e. The molecular weight excluding hydrogens is 283 g/mol. The van der Waals surface area contributed by atoms with E-state index in [9.17, 15) is 23.1 Å². The van der Waals surface area contributed by atoms with Crippen molar-refractivity contribution in [3.05, 3.63) is 35.4 Å². The summed E-state index contributed by atoms with van der Waals surface area (Å²) in [4.78, 5) is 11.7. The van der Waals surface area contributed by atoms with Gasteiger partial charge in [-0.1, -0.05) is 26.0 Å². The van der Waals surface area contributed by atoms with Gasteiger partial charge in [0.25, 0.3) is 0 Å². The molecule has 1 aromatic rings. The minimum Gasteiger partial charge on any atom is -0.392 e. The lowest BCUT2D eigenvalue weighted by Gasteiger charge is -2.18. The molecule has 2 N–H and O–H groups in total. The molecule has 21 heavy (non-hydrogen) atoms. The van der Waals surface area contributed by atoms with Gasteiger partial charge in [0.15, 0.2) is 0 Å². The molecule has 0 fully saturated rings. The molecule has 0 radical (unpaired) electrons. The second-order valence-corrected chi connectivity index (χ2v) is 5.43. The van der Waals surface area contributed by atoms with Crippen LogP contribution in [-0.2, 0) is 11.0 Å². The highest BCUT2D eigenvalue weighted by molar-refractivity contribution is 5.76. The molecule has 0 spiro atoms.